The van der Waals surface area contributed by atoms with Gasteiger partial charge in [0.05, 0.1) is 9.79 Å². The first kappa shape index (κ1) is 24.7. The maximum atomic E-state index is 11.9. The summed E-state index contributed by atoms with van der Waals surface area (Å²) in [7, 11) is -8.09. The van der Waals surface area contributed by atoms with E-state index in [1.165, 1.54) is 24.3 Å². The summed E-state index contributed by atoms with van der Waals surface area (Å²) in [4.78, 5) is 4.55. The van der Waals surface area contributed by atoms with Crippen molar-refractivity contribution in [2.45, 2.75) is 35.0 Å². The predicted octanol–water partition coefficient (Wildman–Crippen LogP) is 5.53. The first-order valence-electron chi connectivity index (χ1n) is 9.32. The molecule has 2 aromatic rings. The van der Waals surface area contributed by atoms with Crippen LogP contribution in [-0.4, -0.2) is 16.8 Å². The molecule has 32 heavy (non-hydrogen) atoms. The normalized spacial score (nSPS) is 12.5. The summed E-state index contributed by atoms with van der Waals surface area (Å²) >= 11 is 0. The molecule has 0 amide bonds. The summed E-state index contributed by atoms with van der Waals surface area (Å²) < 4.78 is 53.2. The Bertz CT molecular complexity index is 1320. The summed E-state index contributed by atoms with van der Waals surface area (Å²) in [6.07, 6.45) is 7.36. The van der Waals surface area contributed by atoms with Crippen LogP contribution in [0, 0.1) is 0 Å². The number of hydrogen-bond donors (Lipinski definition) is 0. The maximum Gasteiger partial charge on any atom is 0.264 e. The van der Waals surface area contributed by atoms with Gasteiger partial charge in [-0.05, 0) is 65.7 Å². The van der Waals surface area contributed by atoms with E-state index >= 15 is 0 Å². The van der Waals surface area contributed by atoms with E-state index in [1.807, 2.05) is 12.2 Å². The third kappa shape index (κ3) is 6.73. The monoisotopic (exact) mass is 472 g/mol. The lowest BCUT2D eigenvalue weighted by Crippen LogP contribution is -2.00. The van der Waals surface area contributed by atoms with Crippen molar-refractivity contribution < 1.29 is 16.8 Å². The number of allylic oxidation sites excluding steroid dienone is 3. The van der Waals surface area contributed by atoms with Crippen LogP contribution in [0.5, 0.6) is 0 Å². The van der Waals surface area contributed by atoms with Gasteiger partial charge in [0.15, 0.2) is 0 Å². The Morgan fingerprint density at radius 3 is 2.09 bits per heavy atom. The van der Waals surface area contributed by atoms with Gasteiger partial charge in [0.2, 0.25) is 0 Å². The number of nitrogens with zero attached hydrogens (tertiary/aromatic N) is 6. The molecule has 2 rings (SSSR count). The highest BCUT2D eigenvalue weighted by atomic mass is 32.2. The maximum absolute atomic E-state index is 11.9. The van der Waals surface area contributed by atoms with Crippen molar-refractivity contribution >= 4 is 20.0 Å². The Morgan fingerprint density at radius 2 is 1.50 bits per heavy atom. The molecule has 12 heteroatoms. The van der Waals surface area contributed by atoms with E-state index < -0.39 is 20.0 Å². The Morgan fingerprint density at radius 1 is 0.906 bits per heavy atom. The number of hydrogen-bond acceptors (Lipinski definition) is 4. The average Bonchev–Trinajstić information content (AvgIpc) is 2.76. The molecule has 0 N–H and O–H groups in total. The van der Waals surface area contributed by atoms with Gasteiger partial charge >= 0.3 is 0 Å². The van der Waals surface area contributed by atoms with Crippen LogP contribution in [-0.2, 0) is 26.5 Å². The molecule has 0 spiro atoms. The molecular formula is C20H20N6O4S2. The Kier molecular flexibility index (Phi) is 8.62. The Balaban J connectivity index is 2.03. The lowest BCUT2D eigenvalue weighted by Gasteiger charge is -2.12. The van der Waals surface area contributed by atoms with Crippen LogP contribution >= 0.6 is 0 Å². The first-order valence-corrected chi connectivity index (χ1v) is 12.2. The minimum absolute atomic E-state index is 0.0662. The third-order valence-corrected chi connectivity index (χ3v) is 6.79. The lowest BCUT2D eigenvalue weighted by atomic mass is 9.94. The van der Waals surface area contributed by atoms with E-state index in [9.17, 15) is 16.8 Å². The highest BCUT2D eigenvalue weighted by Crippen LogP contribution is 2.26. The zero-order valence-corrected chi connectivity index (χ0v) is 18.5. The van der Waals surface area contributed by atoms with E-state index in [0.717, 1.165) is 11.1 Å². The summed E-state index contributed by atoms with van der Waals surface area (Å²) in [6, 6.07) is 12.4. The molecule has 0 aliphatic rings. The molecule has 0 saturated carbocycles. The molecular weight excluding hydrogens is 452 g/mol. The summed E-state index contributed by atoms with van der Waals surface area (Å²) in [5.41, 5.74) is 18.3. The summed E-state index contributed by atoms with van der Waals surface area (Å²) in [6.45, 7) is 3.81. The van der Waals surface area contributed by atoms with E-state index in [4.69, 9.17) is 11.1 Å². The van der Waals surface area contributed by atoms with Crippen molar-refractivity contribution in [3.63, 3.8) is 0 Å². The van der Waals surface area contributed by atoms with Crippen molar-refractivity contribution in [2.75, 3.05) is 0 Å². The molecule has 166 valence electrons. The summed E-state index contributed by atoms with van der Waals surface area (Å²) in [5, 5.41) is 0. The Labute approximate surface area is 186 Å². The van der Waals surface area contributed by atoms with E-state index in [0.29, 0.717) is 19.3 Å². The topological polar surface area (TPSA) is 166 Å². The SMILES string of the molecule is C=CC(CC/C=C/Cc1cccc(S(=O)(=O)N=[N+]=[N-])c1)c1cccc(S(=O)(=O)N=[N+]=[N-])c1. The number of azide groups is 2. The van der Waals surface area contributed by atoms with Crippen molar-refractivity contribution in [3.8, 4) is 0 Å². The predicted molar refractivity (Wildman–Crippen MR) is 121 cm³/mol. The number of benzene rings is 2. The standard InChI is InChI=1S/C20H20N6O4S2/c1-2-17(18-11-7-13-20(15-18)32(29,30)26-24-22)10-5-3-4-8-16-9-6-12-19(14-16)31(27,28)25-23-21/h2-4,6-7,9,11-15,17H,1,5,8,10H2/b4-3+. The van der Waals surface area contributed by atoms with Crippen LogP contribution < -0.4 is 0 Å². The van der Waals surface area contributed by atoms with Crippen molar-refractivity contribution in [3.05, 3.63) is 105 Å². The van der Waals surface area contributed by atoms with E-state index in [1.54, 1.807) is 30.3 Å². The van der Waals surface area contributed by atoms with Gasteiger partial charge in [-0.1, -0.05) is 42.5 Å². The van der Waals surface area contributed by atoms with Gasteiger partial charge in [0.1, 0.15) is 0 Å². The van der Waals surface area contributed by atoms with Crippen LogP contribution in [0.1, 0.15) is 29.9 Å². The fourth-order valence-corrected chi connectivity index (χ4v) is 4.43. The molecule has 2 aromatic carbocycles. The van der Waals surface area contributed by atoms with Crippen LogP contribution in [0.25, 0.3) is 20.9 Å². The van der Waals surface area contributed by atoms with Crippen LogP contribution in [0.3, 0.4) is 0 Å². The quantitative estimate of drug-likeness (QED) is 0.181. The minimum Gasteiger partial charge on any atom is -0.216 e. The lowest BCUT2D eigenvalue weighted by molar-refractivity contribution is 0.595. The van der Waals surface area contributed by atoms with E-state index in [-0.39, 0.29) is 15.7 Å². The van der Waals surface area contributed by atoms with Gasteiger partial charge in [0, 0.05) is 24.8 Å². The van der Waals surface area contributed by atoms with Gasteiger partial charge in [-0.15, -0.1) is 6.58 Å². The zero-order chi connectivity index (χ0) is 23.6. The zero-order valence-electron chi connectivity index (χ0n) is 16.9. The van der Waals surface area contributed by atoms with Crippen molar-refractivity contribution in [1.82, 2.24) is 0 Å². The molecule has 10 nitrogen and oxygen atoms in total. The van der Waals surface area contributed by atoms with E-state index in [2.05, 4.69) is 25.4 Å². The minimum atomic E-state index is -4.06. The van der Waals surface area contributed by atoms with Crippen molar-refractivity contribution in [1.29, 1.82) is 0 Å². The molecule has 0 aromatic heterocycles. The summed E-state index contributed by atoms with van der Waals surface area (Å²) in [5.74, 6) is -0.113. The number of rotatable bonds is 11. The second-order valence-electron chi connectivity index (χ2n) is 6.61. The molecule has 0 aliphatic carbocycles. The highest BCUT2D eigenvalue weighted by molar-refractivity contribution is 7.90. The molecule has 0 saturated heterocycles. The van der Waals surface area contributed by atoms with Gasteiger partial charge < -0.3 is 0 Å². The van der Waals surface area contributed by atoms with Crippen LogP contribution in [0.4, 0.5) is 0 Å². The molecule has 0 aliphatic heterocycles. The molecule has 1 unspecified atom stereocenters. The first-order chi connectivity index (χ1) is 15.2. The second kappa shape index (κ2) is 11.2. The molecule has 0 bridgehead atoms. The molecule has 0 heterocycles. The fourth-order valence-electron chi connectivity index (χ4n) is 2.96. The molecule has 0 fully saturated rings. The fraction of sp³-hybridized carbons (Fsp3) is 0.200. The van der Waals surface area contributed by atoms with Crippen molar-refractivity contribution in [2.24, 2.45) is 9.04 Å². The van der Waals surface area contributed by atoms with Gasteiger partial charge in [-0.25, -0.2) is 16.8 Å². The smallest absolute Gasteiger partial charge is 0.216 e. The van der Waals surface area contributed by atoms with Gasteiger partial charge in [-0.2, -0.15) is 0 Å². The number of sulfonamides is 2. The Hall–Kier alpha value is -3.56. The average molecular weight is 473 g/mol. The van der Waals surface area contributed by atoms with Crippen LogP contribution in [0.2, 0.25) is 0 Å². The molecule has 1 atom stereocenters. The van der Waals surface area contributed by atoms with Crippen LogP contribution in [0.15, 0.2) is 92.2 Å². The molecule has 0 radical (unpaired) electrons. The largest absolute Gasteiger partial charge is 0.264 e. The second-order valence-corrected chi connectivity index (χ2v) is 9.78. The third-order valence-electron chi connectivity index (χ3n) is 4.52. The van der Waals surface area contributed by atoms with Gasteiger partial charge in [0.25, 0.3) is 20.0 Å². The van der Waals surface area contributed by atoms with Gasteiger partial charge in [-0.3, -0.25) is 0 Å². The highest BCUT2D eigenvalue weighted by Gasteiger charge is 2.15.